The van der Waals surface area contributed by atoms with Crippen LogP contribution in [0.25, 0.3) is 0 Å². The van der Waals surface area contributed by atoms with Crippen molar-refractivity contribution in [1.82, 2.24) is 10.4 Å². The normalized spacial score (nSPS) is 11.0. The maximum absolute atomic E-state index is 5.20. The molecule has 1 heterocycles. The quantitative estimate of drug-likeness (QED) is 0.516. The number of benzene rings is 1. The first-order valence-corrected chi connectivity index (χ1v) is 6.65. The monoisotopic (exact) mass is 284 g/mol. The smallest absolute Gasteiger partial charge is 0.191 e. The van der Waals surface area contributed by atoms with Crippen LogP contribution in [0.4, 0.5) is 5.69 Å². The van der Waals surface area contributed by atoms with Gasteiger partial charge in [-0.05, 0) is 55.9 Å². The summed E-state index contributed by atoms with van der Waals surface area (Å²) in [5.41, 5.74) is 6.52. The Labute approximate surface area is 123 Å². The van der Waals surface area contributed by atoms with Gasteiger partial charge in [0.05, 0.1) is 11.4 Å². The molecule has 0 unspecified atom stereocenters. The first-order chi connectivity index (χ1) is 9.65. The van der Waals surface area contributed by atoms with E-state index in [9.17, 15) is 0 Å². The van der Waals surface area contributed by atoms with Gasteiger partial charge < -0.3 is 5.32 Å². The lowest BCUT2D eigenvalue weighted by atomic mass is 10.2. The first-order valence-electron chi connectivity index (χ1n) is 6.24. The van der Waals surface area contributed by atoms with Gasteiger partial charge in [0, 0.05) is 11.9 Å². The zero-order valence-corrected chi connectivity index (χ0v) is 12.2. The molecule has 0 atom stereocenters. The van der Waals surface area contributed by atoms with Crippen LogP contribution in [0.3, 0.4) is 0 Å². The van der Waals surface area contributed by atoms with Gasteiger partial charge in [-0.3, -0.25) is 10.4 Å². The second-order valence-electron chi connectivity index (χ2n) is 4.35. The highest BCUT2D eigenvalue weighted by Gasteiger charge is 1.99. The van der Waals surface area contributed by atoms with Crippen LogP contribution in [0.2, 0.25) is 0 Å². The molecule has 0 aliphatic rings. The lowest BCUT2D eigenvalue weighted by Crippen LogP contribution is -2.25. The lowest BCUT2D eigenvalue weighted by molar-refractivity contribution is 1.03. The number of nitrogens with one attached hydrogen (secondary N) is 2. The molecule has 0 aliphatic carbocycles. The summed E-state index contributed by atoms with van der Waals surface area (Å²) in [5.74, 6) is 0. The lowest BCUT2D eigenvalue weighted by Gasteiger charge is -2.08. The fourth-order valence-electron chi connectivity index (χ4n) is 1.65. The SMILES string of the molecule is C/C(=N/NC(=S)Nc1cccc(C)c1)c1ccccn1. The van der Waals surface area contributed by atoms with E-state index in [1.165, 1.54) is 5.56 Å². The van der Waals surface area contributed by atoms with Crippen LogP contribution in [0, 0.1) is 6.92 Å². The molecule has 4 nitrogen and oxygen atoms in total. The van der Waals surface area contributed by atoms with Gasteiger partial charge in [0.2, 0.25) is 0 Å². The Kier molecular flexibility index (Phi) is 4.79. The van der Waals surface area contributed by atoms with Gasteiger partial charge in [-0.2, -0.15) is 5.10 Å². The minimum Gasteiger partial charge on any atom is -0.331 e. The third-order valence-electron chi connectivity index (χ3n) is 2.64. The fourth-order valence-corrected chi connectivity index (χ4v) is 1.81. The van der Waals surface area contributed by atoms with Crippen molar-refractivity contribution < 1.29 is 0 Å². The summed E-state index contributed by atoms with van der Waals surface area (Å²) in [4.78, 5) is 4.22. The molecule has 0 bridgehead atoms. The summed E-state index contributed by atoms with van der Waals surface area (Å²) >= 11 is 5.20. The van der Waals surface area contributed by atoms with Crippen molar-refractivity contribution in [2.45, 2.75) is 13.8 Å². The molecule has 102 valence electrons. The third kappa shape index (κ3) is 4.13. The molecule has 0 spiro atoms. The largest absolute Gasteiger partial charge is 0.331 e. The van der Waals surface area contributed by atoms with E-state index in [4.69, 9.17) is 12.2 Å². The number of aryl methyl sites for hydroxylation is 1. The highest BCUT2D eigenvalue weighted by atomic mass is 32.1. The Bertz CT molecular complexity index is 623. The van der Waals surface area contributed by atoms with Crippen LogP contribution in [0.5, 0.6) is 0 Å². The minimum absolute atomic E-state index is 0.450. The molecule has 0 saturated heterocycles. The molecule has 1 aromatic heterocycles. The predicted molar refractivity (Wildman–Crippen MR) is 87.0 cm³/mol. The highest BCUT2D eigenvalue weighted by Crippen LogP contribution is 2.09. The van der Waals surface area contributed by atoms with Gasteiger partial charge in [0.25, 0.3) is 0 Å². The highest BCUT2D eigenvalue weighted by molar-refractivity contribution is 7.80. The Hall–Kier alpha value is -2.27. The van der Waals surface area contributed by atoms with Gasteiger partial charge in [-0.15, -0.1) is 0 Å². The van der Waals surface area contributed by atoms with Crippen molar-refractivity contribution in [1.29, 1.82) is 0 Å². The molecule has 0 amide bonds. The third-order valence-corrected chi connectivity index (χ3v) is 2.83. The predicted octanol–water partition coefficient (Wildman–Crippen LogP) is 3.10. The second kappa shape index (κ2) is 6.77. The first kappa shape index (κ1) is 14.1. The summed E-state index contributed by atoms with van der Waals surface area (Å²) in [7, 11) is 0. The number of anilines is 1. The summed E-state index contributed by atoms with van der Waals surface area (Å²) in [6.07, 6.45) is 1.73. The van der Waals surface area contributed by atoms with Crippen LogP contribution >= 0.6 is 12.2 Å². The van der Waals surface area contributed by atoms with E-state index in [2.05, 4.69) is 20.8 Å². The number of aromatic nitrogens is 1. The number of pyridine rings is 1. The molecule has 0 fully saturated rings. The molecule has 0 radical (unpaired) electrons. The maximum Gasteiger partial charge on any atom is 0.191 e. The molecule has 20 heavy (non-hydrogen) atoms. The van der Waals surface area contributed by atoms with Gasteiger partial charge in [-0.25, -0.2) is 0 Å². The molecule has 5 heteroatoms. The van der Waals surface area contributed by atoms with Crippen LogP contribution in [-0.4, -0.2) is 15.8 Å². The number of hydrogen-bond donors (Lipinski definition) is 2. The van der Waals surface area contributed by atoms with Crippen molar-refractivity contribution in [3.05, 3.63) is 59.9 Å². The van der Waals surface area contributed by atoms with E-state index in [1.807, 2.05) is 56.3 Å². The van der Waals surface area contributed by atoms with E-state index >= 15 is 0 Å². The molecular formula is C15H16N4S. The average Bonchev–Trinajstić information content (AvgIpc) is 2.46. The summed E-state index contributed by atoms with van der Waals surface area (Å²) < 4.78 is 0. The molecule has 1 aromatic carbocycles. The van der Waals surface area contributed by atoms with Crippen LogP contribution in [-0.2, 0) is 0 Å². The van der Waals surface area contributed by atoms with Crippen molar-refractivity contribution in [2.24, 2.45) is 5.10 Å². The minimum atomic E-state index is 0.450. The number of nitrogens with zero attached hydrogens (tertiary/aromatic N) is 2. The Morgan fingerprint density at radius 2 is 2.05 bits per heavy atom. The van der Waals surface area contributed by atoms with Gasteiger partial charge in [0.1, 0.15) is 0 Å². The zero-order chi connectivity index (χ0) is 14.4. The number of hydrazone groups is 1. The Morgan fingerprint density at radius 3 is 2.75 bits per heavy atom. The Morgan fingerprint density at radius 1 is 1.20 bits per heavy atom. The van der Waals surface area contributed by atoms with Crippen molar-refractivity contribution in [3.63, 3.8) is 0 Å². The van der Waals surface area contributed by atoms with E-state index in [0.29, 0.717) is 5.11 Å². The Balaban J connectivity index is 1.95. The van der Waals surface area contributed by atoms with E-state index in [-0.39, 0.29) is 0 Å². The van der Waals surface area contributed by atoms with E-state index in [0.717, 1.165) is 17.1 Å². The van der Waals surface area contributed by atoms with Gasteiger partial charge >= 0.3 is 0 Å². The average molecular weight is 284 g/mol. The van der Waals surface area contributed by atoms with Crippen LogP contribution in [0.1, 0.15) is 18.2 Å². The maximum atomic E-state index is 5.20. The molecule has 0 aliphatic heterocycles. The van der Waals surface area contributed by atoms with Gasteiger partial charge in [-0.1, -0.05) is 18.2 Å². The summed E-state index contributed by atoms with van der Waals surface area (Å²) in [6, 6.07) is 13.7. The van der Waals surface area contributed by atoms with Crippen molar-refractivity contribution in [3.8, 4) is 0 Å². The van der Waals surface area contributed by atoms with Crippen molar-refractivity contribution >= 4 is 28.7 Å². The summed E-state index contributed by atoms with van der Waals surface area (Å²) in [6.45, 7) is 3.91. The second-order valence-corrected chi connectivity index (χ2v) is 4.76. The van der Waals surface area contributed by atoms with Crippen molar-refractivity contribution in [2.75, 3.05) is 5.32 Å². The van der Waals surface area contributed by atoms with Crippen LogP contribution < -0.4 is 10.7 Å². The van der Waals surface area contributed by atoms with Crippen LogP contribution in [0.15, 0.2) is 53.8 Å². The number of thiocarbonyl (C=S) groups is 1. The topological polar surface area (TPSA) is 49.3 Å². The zero-order valence-electron chi connectivity index (χ0n) is 11.4. The molecular weight excluding hydrogens is 268 g/mol. The van der Waals surface area contributed by atoms with E-state index in [1.54, 1.807) is 6.20 Å². The molecule has 0 saturated carbocycles. The number of hydrogen-bond acceptors (Lipinski definition) is 3. The molecule has 2 aromatic rings. The number of rotatable bonds is 3. The molecule has 2 N–H and O–H groups in total. The fraction of sp³-hybridized carbons (Fsp3) is 0.133. The standard InChI is InChI=1S/C15H16N4S/c1-11-6-5-7-13(10-11)17-15(20)19-18-12(2)14-8-3-4-9-16-14/h3-10H,1-2H3,(H2,17,19,20)/b18-12-. The summed E-state index contributed by atoms with van der Waals surface area (Å²) in [5, 5.41) is 7.75. The van der Waals surface area contributed by atoms with E-state index < -0.39 is 0 Å². The molecule has 2 rings (SSSR count). The van der Waals surface area contributed by atoms with Gasteiger partial charge in [0.15, 0.2) is 5.11 Å².